The summed E-state index contributed by atoms with van der Waals surface area (Å²) in [6, 6.07) is 1.85. The van der Waals surface area contributed by atoms with E-state index in [1.807, 2.05) is 13.0 Å². The number of hydrogen-bond donors (Lipinski definition) is 2. The Kier molecular flexibility index (Phi) is 3.08. The molecule has 0 aliphatic rings. The molecular weight excluding hydrogens is 178 g/mol. The molecule has 1 rings (SSSR count). The molecule has 1 aromatic heterocycles. The quantitative estimate of drug-likeness (QED) is 0.521. The van der Waals surface area contributed by atoms with Crippen LogP contribution in [0, 0.1) is 0 Å². The fraction of sp³-hybridized carbons (Fsp3) is 0.286. The lowest BCUT2D eigenvalue weighted by molar-refractivity contribution is -0.893. The van der Waals surface area contributed by atoms with Gasteiger partial charge in [-0.15, -0.1) is 25.3 Å². The van der Waals surface area contributed by atoms with E-state index in [1.165, 1.54) is 0 Å². The standard InChI is InChI=1S/C7H9NOS2/c1-2-9-8-4-6(10)3-7(11)5-8/h3-5H,2H2,1H3,(H-,10,11)/p+1. The molecule has 2 nitrogen and oxygen atoms in total. The molecule has 0 saturated heterocycles. The minimum absolute atomic E-state index is 0.634. The Morgan fingerprint density at radius 2 is 1.91 bits per heavy atom. The molecular formula is C7H10NOS2+. The van der Waals surface area contributed by atoms with Crippen molar-refractivity contribution in [2.24, 2.45) is 0 Å². The Balaban J connectivity index is 2.89. The van der Waals surface area contributed by atoms with Gasteiger partial charge in [0.1, 0.15) is 0 Å². The smallest absolute Gasteiger partial charge is 0.235 e. The summed E-state index contributed by atoms with van der Waals surface area (Å²) in [4.78, 5) is 6.86. The molecule has 1 aromatic rings. The molecule has 60 valence electrons. The largest absolute Gasteiger partial charge is 0.272 e. The summed E-state index contributed by atoms with van der Waals surface area (Å²) in [5.74, 6) is 0. The molecule has 1 heterocycles. The van der Waals surface area contributed by atoms with E-state index in [1.54, 1.807) is 17.1 Å². The fourth-order valence-corrected chi connectivity index (χ4v) is 1.36. The van der Waals surface area contributed by atoms with Gasteiger partial charge in [-0.1, -0.05) is 0 Å². The Labute approximate surface area is 77.0 Å². The maximum absolute atomic E-state index is 5.19. The highest BCUT2D eigenvalue weighted by atomic mass is 32.1. The molecule has 0 unspecified atom stereocenters. The first kappa shape index (κ1) is 8.74. The summed E-state index contributed by atoms with van der Waals surface area (Å²) in [7, 11) is 0. The molecule has 0 spiro atoms. The van der Waals surface area contributed by atoms with Crippen molar-refractivity contribution in [1.82, 2.24) is 0 Å². The van der Waals surface area contributed by atoms with E-state index < -0.39 is 0 Å². The number of rotatable bonds is 2. The van der Waals surface area contributed by atoms with Gasteiger partial charge >= 0.3 is 0 Å². The Hall–Kier alpha value is -0.350. The van der Waals surface area contributed by atoms with Gasteiger partial charge in [-0.2, -0.15) is 0 Å². The minimum atomic E-state index is 0.634. The van der Waals surface area contributed by atoms with Gasteiger partial charge in [-0.3, -0.25) is 4.84 Å². The van der Waals surface area contributed by atoms with Gasteiger partial charge in [-0.05, 0) is 13.0 Å². The third-order valence-corrected chi connectivity index (χ3v) is 1.58. The van der Waals surface area contributed by atoms with Crippen LogP contribution in [0.2, 0.25) is 0 Å². The lowest BCUT2D eigenvalue weighted by Crippen LogP contribution is -2.42. The average molecular weight is 188 g/mol. The third-order valence-electron chi connectivity index (χ3n) is 1.09. The predicted molar refractivity (Wildman–Crippen MR) is 48.3 cm³/mol. The van der Waals surface area contributed by atoms with Crippen molar-refractivity contribution in [3.05, 3.63) is 18.5 Å². The average Bonchev–Trinajstić information content (AvgIpc) is 1.85. The van der Waals surface area contributed by atoms with Crippen LogP contribution in [0.4, 0.5) is 0 Å². The number of aromatic nitrogens is 1. The van der Waals surface area contributed by atoms with Gasteiger partial charge in [0, 0.05) is 4.73 Å². The molecule has 0 fully saturated rings. The number of hydrogen-bond acceptors (Lipinski definition) is 3. The third kappa shape index (κ3) is 2.63. The summed E-state index contributed by atoms with van der Waals surface area (Å²) >= 11 is 8.33. The lowest BCUT2D eigenvalue weighted by atomic mass is 10.5. The normalized spacial score (nSPS) is 9.73. The Bertz CT molecular complexity index is 232. The molecule has 0 amide bonds. The Morgan fingerprint density at radius 3 is 2.36 bits per heavy atom. The van der Waals surface area contributed by atoms with Crippen LogP contribution >= 0.6 is 25.3 Å². The van der Waals surface area contributed by atoms with E-state index in [-0.39, 0.29) is 0 Å². The van der Waals surface area contributed by atoms with Crippen LogP contribution in [-0.4, -0.2) is 6.61 Å². The first-order valence-corrected chi connectivity index (χ1v) is 4.19. The second-order valence-corrected chi connectivity index (χ2v) is 3.06. The van der Waals surface area contributed by atoms with Crippen LogP contribution in [-0.2, 0) is 0 Å². The summed E-state index contributed by atoms with van der Waals surface area (Å²) in [5, 5.41) is 0. The van der Waals surface area contributed by atoms with Gasteiger partial charge in [0.25, 0.3) is 0 Å². The maximum atomic E-state index is 5.19. The van der Waals surface area contributed by atoms with Crippen LogP contribution < -0.4 is 9.57 Å². The predicted octanol–water partition coefficient (Wildman–Crippen LogP) is 1.000. The van der Waals surface area contributed by atoms with E-state index >= 15 is 0 Å². The van der Waals surface area contributed by atoms with Gasteiger partial charge in [0.15, 0.2) is 6.61 Å². The number of thiol groups is 2. The highest BCUT2D eigenvalue weighted by Crippen LogP contribution is 2.07. The highest BCUT2D eigenvalue weighted by molar-refractivity contribution is 7.81. The van der Waals surface area contributed by atoms with Crippen molar-refractivity contribution < 1.29 is 9.57 Å². The van der Waals surface area contributed by atoms with Crippen molar-refractivity contribution >= 4 is 25.3 Å². The molecule has 11 heavy (non-hydrogen) atoms. The van der Waals surface area contributed by atoms with Crippen LogP contribution in [0.25, 0.3) is 0 Å². The number of pyridine rings is 1. The second kappa shape index (κ2) is 3.88. The molecule has 0 atom stereocenters. The van der Waals surface area contributed by atoms with Crippen molar-refractivity contribution in [1.29, 1.82) is 0 Å². The van der Waals surface area contributed by atoms with E-state index in [0.717, 1.165) is 9.79 Å². The SMILES string of the molecule is CCO[n+]1cc(S)cc(S)c1. The monoisotopic (exact) mass is 188 g/mol. The van der Waals surface area contributed by atoms with Crippen molar-refractivity contribution in [2.75, 3.05) is 6.61 Å². The number of nitrogens with zero attached hydrogens (tertiary/aromatic N) is 1. The lowest BCUT2D eigenvalue weighted by Gasteiger charge is -1.95. The second-order valence-electron chi connectivity index (χ2n) is 2.03. The van der Waals surface area contributed by atoms with E-state index in [9.17, 15) is 0 Å². The van der Waals surface area contributed by atoms with Crippen molar-refractivity contribution in [3.8, 4) is 0 Å². The zero-order valence-corrected chi connectivity index (χ0v) is 7.98. The van der Waals surface area contributed by atoms with E-state index in [2.05, 4.69) is 25.3 Å². The van der Waals surface area contributed by atoms with Crippen LogP contribution in [0.15, 0.2) is 28.3 Å². The molecule has 0 saturated carbocycles. The van der Waals surface area contributed by atoms with Gasteiger partial charge < -0.3 is 0 Å². The first-order valence-electron chi connectivity index (χ1n) is 3.30. The molecule has 0 bridgehead atoms. The molecule has 0 aliphatic carbocycles. The zero-order chi connectivity index (χ0) is 8.27. The maximum Gasteiger partial charge on any atom is 0.235 e. The summed E-state index contributed by atoms with van der Waals surface area (Å²) in [5.41, 5.74) is 0. The Morgan fingerprint density at radius 1 is 1.36 bits per heavy atom. The van der Waals surface area contributed by atoms with Gasteiger partial charge in [0.2, 0.25) is 12.4 Å². The molecule has 0 N–H and O–H groups in total. The first-order chi connectivity index (χ1) is 5.22. The minimum Gasteiger partial charge on any atom is -0.272 e. The molecule has 4 heteroatoms. The van der Waals surface area contributed by atoms with E-state index in [0.29, 0.717) is 6.61 Å². The molecule has 0 aliphatic heterocycles. The van der Waals surface area contributed by atoms with Crippen LogP contribution in [0.3, 0.4) is 0 Å². The fourth-order valence-electron chi connectivity index (χ4n) is 0.748. The van der Waals surface area contributed by atoms with E-state index in [4.69, 9.17) is 4.84 Å². The highest BCUT2D eigenvalue weighted by Gasteiger charge is 2.02. The zero-order valence-electron chi connectivity index (χ0n) is 6.19. The van der Waals surface area contributed by atoms with Gasteiger partial charge in [0.05, 0.1) is 9.79 Å². The van der Waals surface area contributed by atoms with Crippen LogP contribution in [0.5, 0.6) is 0 Å². The van der Waals surface area contributed by atoms with Crippen LogP contribution in [0.1, 0.15) is 6.92 Å². The summed E-state index contributed by atoms with van der Waals surface area (Å²) in [6.45, 7) is 2.56. The van der Waals surface area contributed by atoms with Crippen molar-refractivity contribution in [2.45, 2.75) is 16.7 Å². The summed E-state index contributed by atoms with van der Waals surface area (Å²) in [6.07, 6.45) is 3.57. The topological polar surface area (TPSA) is 13.1 Å². The van der Waals surface area contributed by atoms with Crippen molar-refractivity contribution in [3.63, 3.8) is 0 Å². The summed E-state index contributed by atoms with van der Waals surface area (Å²) < 4.78 is 1.60. The molecule has 0 radical (unpaired) electrons. The van der Waals surface area contributed by atoms with Gasteiger partial charge in [-0.25, -0.2) is 0 Å². The molecule has 0 aromatic carbocycles.